The Morgan fingerprint density at radius 2 is 2.04 bits per heavy atom. The van der Waals surface area contributed by atoms with Gasteiger partial charge in [-0.05, 0) is 18.3 Å². The van der Waals surface area contributed by atoms with E-state index in [0.29, 0.717) is 18.8 Å². The van der Waals surface area contributed by atoms with Crippen molar-refractivity contribution in [3.8, 4) is 0 Å². The largest absolute Gasteiger partial charge is 0.390 e. The fourth-order valence-electron chi connectivity index (χ4n) is 3.90. The molecule has 7 heteroatoms. The van der Waals surface area contributed by atoms with Gasteiger partial charge in [0.05, 0.1) is 24.5 Å². The minimum absolute atomic E-state index is 0.0376. The molecule has 1 fully saturated rings. The molecule has 1 amide bonds. The lowest BCUT2D eigenvalue weighted by Crippen LogP contribution is -2.54. The Morgan fingerprint density at radius 1 is 1.33 bits per heavy atom. The van der Waals surface area contributed by atoms with Gasteiger partial charge in [-0.15, -0.1) is 0 Å². The third-order valence-corrected chi connectivity index (χ3v) is 5.96. The number of amides is 1. The maximum Gasteiger partial charge on any atom is 0.237 e. The van der Waals surface area contributed by atoms with Gasteiger partial charge in [0.1, 0.15) is 6.10 Å². The molecule has 1 aliphatic rings. The first-order valence-electron chi connectivity index (χ1n) is 10.3. The second kappa shape index (κ2) is 10.8. The van der Waals surface area contributed by atoms with E-state index in [2.05, 4.69) is 15.3 Å². The Bertz CT molecular complexity index is 545. The summed E-state index contributed by atoms with van der Waals surface area (Å²) >= 11 is 0. The molecule has 1 aromatic rings. The summed E-state index contributed by atoms with van der Waals surface area (Å²) in [5, 5.41) is 24.2. The van der Waals surface area contributed by atoms with Crippen LogP contribution < -0.4 is 11.1 Å². The van der Waals surface area contributed by atoms with E-state index in [1.807, 2.05) is 13.8 Å². The van der Waals surface area contributed by atoms with Crippen LogP contribution in [0.4, 0.5) is 0 Å². The lowest BCUT2D eigenvalue weighted by molar-refractivity contribution is -0.125. The summed E-state index contributed by atoms with van der Waals surface area (Å²) in [6, 6.07) is -1.22. The van der Waals surface area contributed by atoms with Crippen LogP contribution >= 0.6 is 0 Å². The van der Waals surface area contributed by atoms with Gasteiger partial charge in [-0.2, -0.15) is 0 Å². The number of aromatic nitrogens is 2. The van der Waals surface area contributed by atoms with E-state index in [1.165, 1.54) is 19.3 Å². The van der Waals surface area contributed by atoms with Gasteiger partial charge in [-0.3, -0.25) is 4.79 Å². The maximum atomic E-state index is 12.6. The number of aromatic amines is 1. The van der Waals surface area contributed by atoms with Crippen molar-refractivity contribution in [2.45, 2.75) is 89.5 Å². The molecule has 0 aromatic carbocycles. The van der Waals surface area contributed by atoms with E-state index in [9.17, 15) is 15.0 Å². The van der Waals surface area contributed by atoms with E-state index in [0.717, 1.165) is 25.0 Å². The molecule has 2 rings (SSSR count). The molecule has 1 aliphatic carbocycles. The van der Waals surface area contributed by atoms with Crippen LogP contribution in [0.25, 0.3) is 0 Å². The summed E-state index contributed by atoms with van der Waals surface area (Å²) < 4.78 is 0. The number of nitrogens with two attached hydrogens (primary N) is 1. The highest BCUT2D eigenvalue weighted by Crippen LogP contribution is 2.29. The molecule has 0 bridgehead atoms. The van der Waals surface area contributed by atoms with Crippen LogP contribution in [0.15, 0.2) is 12.5 Å². The molecule has 1 aromatic heterocycles. The van der Waals surface area contributed by atoms with Gasteiger partial charge in [0, 0.05) is 18.3 Å². The standard InChI is InChI=1S/C20H36N4O3/c1-3-13(2)18(25)19(26)17(9-14-7-5-4-6-8-14)24-20(27)16(21)10-15-11-22-12-23-15/h11-14,16-19,25-26H,3-10,21H2,1-2H3,(H,22,23)(H,24,27)/t13?,16-,17-,18-,19+/m0/s1. The van der Waals surface area contributed by atoms with Crippen molar-refractivity contribution in [3.05, 3.63) is 18.2 Å². The minimum Gasteiger partial charge on any atom is -0.390 e. The zero-order valence-corrected chi connectivity index (χ0v) is 16.6. The number of carbonyl (C=O) groups excluding carboxylic acids is 1. The molecule has 7 nitrogen and oxygen atoms in total. The van der Waals surface area contributed by atoms with Crippen LogP contribution in [-0.2, 0) is 11.2 Å². The van der Waals surface area contributed by atoms with Crippen molar-refractivity contribution >= 4 is 5.91 Å². The topological polar surface area (TPSA) is 124 Å². The molecule has 6 N–H and O–H groups in total. The van der Waals surface area contributed by atoms with Gasteiger partial charge in [-0.25, -0.2) is 4.98 Å². The fraction of sp³-hybridized carbons (Fsp3) is 0.800. The Morgan fingerprint density at radius 3 is 2.63 bits per heavy atom. The van der Waals surface area contributed by atoms with Crippen LogP contribution in [0.2, 0.25) is 0 Å². The molecule has 0 aliphatic heterocycles. The van der Waals surface area contributed by atoms with Gasteiger partial charge in [-0.1, -0.05) is 52.4 Å². The minimum atomic E-state index is -0.995. The summed E-state index contributed by atoms with van der Waals surface area (Å²) in [6.07, 6.45) is 8.98. The van der Waals surface area contributed by atoms with Gasteiger partial charge in [0.25, 0.3) is 0 Å². The molecule has 1 heterocycles. The summed E-state index contributed by atoms with van der Waals surface area (Å²) in [5.74, 6) is 0.122. The van der Waals surface area contributed by atoms with Crippen molar-refractivity contribution < 1.29 is 15.0 Å². The van der Waals surface area contributed by atoms with E-state index >= 15 is 0 Å². The van der Waals surface area contributed by atoms with Gasteiger partial charge in [0.2, 0.25) is 5.91 Å². The van der Waals surface area contributed by atoms with Crippen molar-refractivity contribution in [1.29, 1.82) is 0 Å². The normalized spacial score (nSPS) is 21.2. The Kier molecular flexibility index (Phi) is 8.73. The first-order valence-corrected chi connectivity index (χ1v) is 10.3. The number of aliphatic hydroxyl groups excluding tert-OH is 2. The van der Waals surface area contributed by atoms with E-state index < -0.39 is 24.3 Å². The molecular formula is C20H36N4O3. The van der Waals surface area contributed by atoms with Crippen LogP contribution in [0, 0.1) is 11.8 Å². The van der Waals surface area contributed by atoms with Crippen LogP contribution in [0.5, 0.6) is 0 Å². The first kappa shape index (κ1) is 21.9. The Balaban J connectivity index is 2.01. The third kappa shape index (κ3) is 6.59. The number of nitrogens with one attached hydrogen (secondary N) is 2. The molecule has 1 unspecified atom stereocenters. The van der Waals surface area contributed by atoms with Gasteiger partial charge < -0.3 is 26.2 Å². The van der Waals surface area contributed by atoms with Crippen LogP contribution in [-0.4, -0.2) is 50.4 Å². The summed E-state index contributed by atoms with van der Waals surface area (Å²) in [6.45, 7) is 3.90. The molecule has 0 radical (unpaired) electrons. The van der Waals surface area contributed by atoms with Crippen LogP contribution in [0.3, 0.4) is 0 Å². The molecular weight excluding hydrogens is 344 g/mol. The highest BCUT2D eigenvalue weighted by atomic mass is 16.3. The van der Waals surface area contributed by atoms with Crippen molar-refractivity contribution in [2.75, 3.05) is 0 Å². The number of rotatable bonds is 10. The number of carbonyl (C=O) groups is 1. The molecule has 0 spiro atoms. The predicted molar refractivity (Wildman–Crippen MR) is 105 cm³/mol. The predicted octanol–water partition coefficient (Wildman–Crippen LogP) is 1.50. The van der Waals surface area contributed by atoms with E-state index in [1.54, 1.807) is 12.5 Å². The van der Waals surface area contributed by atoms with E-state index in [4.69, 9.17) is 5.73 Å². The first-order chi connectivity index (χ1) is 12.9. The zero-order chi connectivity index (χ0) is 19.8. The highest BCUT2D eigenvalue weighted by Gasteiger charge is 2.33. The molecule has 154 valence electrons. The number of hydrogen-bond donors (Lipinski definition) is 5. The molecule has 5 atom stereocenters. The summed E-state index contributed by atoms with van der Waals surface area (Å²) in [7, 11) is 0. The highest BCUT2D eigenvalue weighted by molar-refractivity contribution is 5.82. The maximum absolute atomic E-state index is 12.6. The zero-order valence-electron chi connectivity index (χ0n) is 16.6. The number of imidazole rings is 1. The van der Waals surface area contributed by atoms with Crippen molar-refractivity contribution in [3.63, 3.8) is 0 Å². The summed E-state index contributed by atoms with van der Waals surface area (Å²) in [5.41, 5.74) is 6.84. The average molecular weight is 381 g/mol. The summed E-state index contributed by atoms with van der Waals surface area (Å²) in [4.78, 5) is 19.5. The van der Waals surface area contributed by atoms with E-state index in [-0.39, 0.29) is 11.8 Å². The number of nitrogens with zero attached hydrogens (tertiary/aromatic N) is 1. The van der Waals surface area contributed by atoms with Crippen molar-refractivity contribution in [2.24, 2.45) is 17.6 Å². The Hall–Kier alpha value is -1.44. The molecule has 1 saturated carbocycles. The number of hydrogen-bond acceptors (Lipinski definition) is 5. The SMILES string of the molecule is CCC(C)[C@H](O)[C@H](O)[C@H](CC1CCCCC1)NC(=O)[C@@H](N)Cc1cnc[nH]1. The third-order valence-electron chi connectivity index (χ3n) is 5.96. The Labute approximate surface area is 162 Å². The lowest BCUT2D eigenvalue weighted by atomic mass is 9.81. The average Bonchev–Trinajstić information content (AvgIpc) is 3.19. The fourth-order valence-corrected chi connectivity index (χ4v) is 3.90. The quantitative estimate of drug-likeness (QED) is 0.421. The second-order valence-corrected chi connectivity index (χ2v) is 8.11. The van der Waals surface area contributed by atoms with Crippen LogP contribution in [0.1, 0.15) is 64.5 Å². The smallest absolute Gasteiger partial charge is 0.237 e. The molecule has 27 heavy (non-hydrogen) atoms. The molecule has 0 saturated heterocycles. The number of H-pyrrole nitrogens is 1. The number of aliphatic hydroxyl groups is 2. The van der Waals surface area contributed by atoms with Crippen molar-refractivity contribution in [1.82, 2.24) is 15.3 Å². The van der Waals surface area contributed by atoms with Gasteiger partial charge in [0.15, 0.2) is 0 Å². The lowest BCUT2D eigenvalue weighted by Gasteiger charge is -2.34. The van der Waals surface area contributed by atoms with Gasteiger partial charge >= 0.3 is 0 Å². The monoisotopic (exact) mass is 380 g/mol. The second-order valence-electron chi connectivity index (χ2n) is 8.11.